The molecule has 2 fully saturated rings. The normalized spacial score (nSPS) is 23.8. The highest BCUT2D eigenvalue weighted by Crippen LogP contribution is 2.26. The number of hydrogen-bond acceptors (Lipinski definition) is 2. The van der Waals surface area contributed by atoms with Crippen molar-refractivity contribution in [1.29, 1.82) is 0 Å². The van der Waals surface area contributed by atoms with Gasteiger partial charge in [0.05, 0.1) is 0 Å². The molecule has 0 amide bonds. The second-order valence-corrected chi connectivity index (χ2v) is 5.29. The van der Waals surface area contributed by atoms with Crippen LogP contribution in [0.15, 0.2) is 24.3 Å². The van der Waals surface area contributed by atoms with E-state index in [0.29, 0.717) is 6.04 Å². The highest BCUT2D eigenvalue weighted by atomic mass is 35.5. The van der Waals surface area contributed by atoms with Crippen LogP contribution in [0.3, 0.4) is 0 Å². The Hall–Kier alpha value is -0.730. The van der Waals surface area contributed by atoms with Crippen molar-refractivity contribution in [1.82, 2.24) is 5.32 Å². The molecule has 1 atom stereocenters. The van der Waals surface area contributed by atoms with E-state index in [1.54, 1.807) is 0 Å². The van der Waals surface area contributed by atoms with Crippen molar-refractivity contribution >= 4 is 18.1 Å². The number of nitrogens with zero attached hydrogens (tertiary/aromatic N) is 1. The van der Waals surface area contributed by atoms with Gasteiger partial charge in [-0.05, 0) is 49.9 Å². The van der Waals surface area contributed by atoms with Gasteiger partial charge in [0.1, 0.15) is 0 Å². The third kappa shape index (κ3) is 2.99. The van der Waals surface area contributed by atoms with Crippen molar-refractivity contribution < 1.29 is 0 Å². The lowest BCUT2D eigenvalue weighted by molar-refractivity contribution is 0.412. The summed E-state index contributed by atoms with van der Waals surface area (Å²) in [5.41, 5.74) is 2.87. The Balaban J connectivity index is 0.00000120. The van der Waals surface area contributed by atoms with Crippen LogP contribution in [-0.2, 0) is 0 Å². The van der Waals surface area contributed by atoms with Gasteiger partial charge < -0.3 is 10.2 Å². The zero-order valence-corrected chi connectivity index (χ0v) is 11.7. The molecule has 0 saturated carbocycles. The average molecular weight is 267 g/mol. The monoisotopic (exact) mass is 266 g/mol. The molecule has 0 radical (unpaired) electrons. The summed E-state index contributed by atoms with van der Waals surface area (Å²) in [6, 6.07) is 9.83. The van der Waals surface area contributed by atoms with E-state index < -0.39 is 0 Å². The Morgan fingerprint density at radius 2 is 1.67 bits per heavy atom. The highest BCUT2D eigenvalue weighted by Gasteiger charge is 2.16. The van der Waals surface area contributed by atoms with Crippen LogP contribution in [0, 0.1) is 0 Å². The number of rotatable bonds is 2. The molecule has 2 saturated heterocycles. The van der Waals surface area contributed by atoms with Crippen LogP contribution >= 0.6 is 12.4 Å². The predicted molar refractivity (Wildman–Crippen MR) is 79.7 cm³/mol. The second-order valence-electron chi connectivity index (χ2n) is 5.29. The summed E-state index contributed by atoms with van der Waals surface area (Å²) in [4.78, 5) is 2.50. The number of nitrogens with one attached hydrogen (secondary N) is 1. The minimum Gasteiger partial charge on any atom is -0.372 e. The van der Waals surface area contributed by atoms with E-state index in [2.05, 4.69) is 34.5 Å². The number of anilines is 1. The third-order valence-electron chi connectivity index (χ3n) is 4.08. The largest absolute Gasteiger partial charge is 0.372 e. The molecule has 0 aliphatic carbocycles. The fourth-order valence-corrected chi connectivity index (χ4v) is 3.03. The van der Waals surface area contributed by atoms with Gasteiger partial charge in [-0.25, -0.2) is 0 Å². The topological polar surface area (TPSA) is 15.3 Å². The lowest BCUT2D eigenvalue weighted by Gasteiger charge is -2.25. The van der Waals surface area contributed by atoms with Crippen molar-refractivity contribution in [3.63, 3.8) is 0 Å². The van der Waals surface area contributed by atoms with E-state index in [-0.39, 0.29) is 12.4 Å². The maximum Gasteiger partial charge on any atom is 0.0366 e. The third-order valence-corrected chi connectivity index (χ3v) is 4.08. The smallest absolute Gasteiger partial charge is 0.0366 e. The van der Waals surface area contributed by atoms with Crippen molar-refractivity contribution in [3.8, 4) is 0 Å². The maximum absolute atomic E-state index is 3.61. The van der Waals surface area contributed by atoms with Gasteiger partial charge in [-0.3, -0.25) is 0 Å². The lowest BCUT2D eigenvalue weighted by atomic mass is 9.97. The van der Waals surface area contributed by atoms with Gasteiger partial charge in [-0.15, -0.1) is 12.4 Å². The van der Waals surface area contributed by atoms with E-state index in [1.165, 1.54) is 63.0 Å². The van der Waals surface area contributed by atoms with Gasteiger partial charge in [-0.1, -0.05) is 18.6 Å². The first-order valence-corrected chi connectivity index (χ1v) is 7.02. The molecule has 0 spiro atoms. The molecule has 3 rings (SSSR count). The van der Waals surface area contributed by atoms with Crippen LogP contribution in [0.25, 0.3) is 0 Å². The minimum atomic E-state index is 0. The Morgan fingerprint density at radius 1 is 0.944 bits per heavy atom. The molecule has 3 heteroatoms. The minimum absolute atomic E-state index is 0. The van der Waals surface area contributed by atoms with Crippen LogP contribution in [0.2, 0.25) is 0 Å². The zero-order chi connectivity index (χ0) is 11.5. The molecule has 2 aliphatic heterocycles. The molecule has 18 heavy (non-hydrogen) atoms. The van der Waals surface area contributed by atoms with Crippen molar-refractivity contribution in [3.05, 3.63) is 29.8 Å². The maximum atomic E-state index is 3.61. The van der Waals surface area contributed by atoms with Gasteiger partial charge >= 0.3 is 0 Å². The molecule has 2 aliphatic rings. The van der Waals surface area contributed by atoms with Crippen molar-refractivity contribution in [2.24, 2.45) is 0 Å². The first-order valence-electron chi connectivity index (χ1n) is 7.02. The van der Waals surface area contributed by atoms with Crippen LogP contribution < -0.4 is 10.2 Å². The van der Waals surface area contributed by atoms with Gasteiger partial charge in [-0.2, -0.15) is 0 Å². The Kier molecular flexibility index (Phi) is 4.90. The summed E-state index contributed by atoms with van der Waals surface area (Å²) in [7, 11) is 0. The molecule has 0 bridgehead atoms. The average Bonchev–Trinajstić information content (AvgIpc) is 2.94. The zero-order valence-electron chi connectivity index (χ0n) is 10.9. The molecule has 1 aromatic carbocycles. The Labute approximate surface area is 116 Å². The molecule has 1 aromatic rings. The Morgan fingerprint density at radius 3 is 2.28 bits per heavy atom. The van der Waals surface area contributed by atoms with Crippen LogP contribution in [-0.4, -0.2) is 19.6 Å². The number of halogens is 1. The predicted octanol–water partition coefficient (Wildman–Crippen LogP) is 3.52. The lowest BCUT2D eigenvalue weighted by Crippen LogP contribution is -2.26. The first kappa shape index (κ1) is 13.7. The van der Waals surface area contributed by atoms with E-state index in [1.807, 2.05) is 0 Å². The van der Waals surface area contributed by atoms with Gasteiger partial charge in [0.2, 0.25) is 0 Å². The SMILES string of the molecule is Cl.c1cc(N2CCCC2)ccc1[C@H]1CCCCN1. The second kappa shape index (κ2) is 6.44. The van der Waals surface area contributed by atoms with E-state index in [9.17, 15) is 0 Å². The molecule has 0 aromatic heterocycles. The first-order chi connectivity index (χ1) is 8.43. The fraction of sp³-hybridized carbons (Fsp3) is 0.600. The molecular weight excluding hydrogens is 244 g/mol. The number of benzene rings is 1. The van der Waals surface area contributed by atoms with E-state index in [0.717, 1.165) is 0 Å². The Bertz CT molecular complexity index is 351. The number of hydrogen-bond donors (Lipinski definition) is 1. The van der Waals surface area contributed by atoms with E-state index in [4.69, 9.17) is 0 Å². The van der Waals surface area contributed by atoms with Crippen LogP contribution in [0.5, 0.6) is 0 Å². The summed E-state index contributed by atoms with van der Waals surface area (Å²) < 4.78 is 0. The molecule has 2 heterocycles. The van der Waals surface area contributed by atoms with Crippen LogP contribution in [0.1, 0.15) is 43.7 Å². The highest BCUT2D eigenvalue weighted by molar-refractivity contribution is 5.85. The molecule has 100 valence electrons. The summed E-state index contributed by atoms with van der Waals surface area (Å²) in [6.07, 6.45) is 6.70. The quantitative estimate of drug-likeness (QED) is 0.881. The number of piperidine rings is 1. The fourth-order valence-electron chi connectivity index (χ4n) is 3.03. The molecule has 1 N–H and O–H groups in total. The van der Waals surface area contributed by atoms with E-state index >= 15 is 0 Å². The van der Waals surface area contributed by atoms with Gasteiger partial charge in [0.15, 0.2) is 0 Å². The van der Waals surface area contributed by atoms with Gasteiger partial charge in [0, 0.05) is 24.8 Å². The summed E-state index contributed by atoms with van der Waals surface area (Å²) in [5.74, 6) is 0. The molecule has 0 unspecified atom stereocenters. The summed E-state index contributed by atoms with van der Waals surface area (Å²) >= 11 is 0. The van der Waals surface area contributed by atoms with Crippen molar-refractivity contribution in [2.75, 3.05) is 24.5 Å². The van der Waals surface area contributed by atoms with Crippen molar-refractivity contribution in [2.45, 2.75) is 38.1 Å². The summed E-state index contributed by atoms with van der Waals surface area (Å²) in [5, 5.41) is 3.61. The molecular formula is C15H23ClN2. The summed E-state index contributed by atoms with van der Waals surface area (Å²) in [6.45, 7) is 3.65. The van der Waals surface area contributed by atoms with Gasteiger partial charge in [0.25, 0.3) is 0 Å². The van der Waals surface area contributed by atoms with Crippen LogP contribution in [0.4, 0.5) is 5.69 Å². The molecule has 2 nitrogen and oxygen atoms in total. The standard InChI is InChI=1S/C15H22N2.ClH/c1-2-10-16-15(5-1)13-6-8-14(9-7-13)17-11-3-4-12-17;/h6-9,15-16H,1-5,10-12H2;1H/t15-;/m1./s1.